The van der Waals surface area contributed by atoms with Gasteiger partial charge < -0.3 is 9.47 Å². The Morgan fingerprint density at radius 1 is 1.30 bits per heavy atom. The molecule has 2 fully saturated rings. The lowest BCUT2D eigenvalue weighted by molar-refractivity contribution is -0.195. The first kappa shape index (κ1) is 13.9. The molecule has 0 bridgehead atoms. The molecule has 0 N–H and O–H groups in total. The number of aromatic nitrogens is 2. The van der Waals surface area contributed by atoms with Gasteiger partial charge in [-0.25, -0.2) is 0 Å². The van der Waals surface area contributed by atoms with Crippen molar-refractivity contribution in [3.8, 4) is 0 Å². The van der Waals surface area contributed by atoms with Gasteiger partial charge in [-0.05, 0) is 13.8 Å². The van der Waals surface area contributed by atoms with E-state index in [-0.39, 0.29) is 11.2 Å². The van der Waals surface area contributed by atoms with Gasteiger partial charge in [-0.1, -0.05) is 0 Å². The van der Waals surface area contributed by atoms with Crippen molar-refractivity contribution in [2.24, 2.45) is 0 Å². The van der Waals surface area contributed by atoms with Crippen LogP contribution in [0.25, 0.3) is 0 Å². The third-order valence-corrected chi connectivity index (χ3v) is 3.98. The van der Waals surface area contributed by atoms with E-state index in [0.717, 1.165) is 51.4 Å². The van der Waals surface area contributed by atoms with Crippen molar-refractivity contribution >= 4 is 0 Å². The van der Waals surface area contributed by atoms with Crippen LogP contribution >= 0.6 is 0 Å². The minimum atomic E-state index is -0.117. The van der Waals surface area contributed by atoms with Crippen LogP contribution in [0.15, 0.2) is 18.6 Å². The Morgan fingerprint density at radius 3 is 2.90 bits per heavy atom. The van der Waals surface area contributed by atoms with E-state index in [4.69, 9.17) is 9.47 Å². The van der Waals surface area contributed by atoms with Crippen molar-refractivity contribution in [3.63, 3.8) is 0 Å². The molecule has 0 saturated carbocycles. The van der Waals surface area contributed by atoms with Gasteiger partial charge in [0.1, 0.15) is 5.60 Å². The molecule has 1 spiro atoms. The zero-order valence-corrected chi connectivity index (χ0v) is 12.3. The number of hydrogen-bond donors (Lipinski definition) is 0. The second-order valence-corrected chi connectivity index (χ2v) is 6.50. The summed E-state index contributed by atoms with van der Waals surface area (Å²) in [7, 11) is 0. The summed E-state index contributed by atoms with van der Waals surface area (Å²) in [6, 6.07) is 0. The highest BCUT2D eigenvalue weighted by molar-refractivity contribution is 4.99. The third kappa shape index (κ3) is 3.16. The van der Waals surface area contributed by atoms with Gasteiger partial charge in [0, 0.05) is 57.7 Å². The minimum Gasteiger partial charge on any atom is -0.378 e. The first-order valence-corrected chi connectivity index (χ1v) is 7.32. The van der Waals surface area contributed by atoms with Gasteiger partial charge in [0.2, 0.25) is 0 Å². The van der Waals surface area contributed by atoms with Crippen molar-refractivity contribution in [2.75, 3.05) is 32.8 Å². The Balaban J connectivity index is 1.63. The Hall–Kier alpha value is -1.04. The van der Waals surface area contributed by atoms with Gasteiger partial charge in [0.25, 0.3) is 0 Å². The smallest absolute Gasteiger partial charge is 0.107 e. The summed E-state index contributed by atoms with van der Waals surface area (Å²) in [6.45, 7) is 8.77. The Labute approximate surface area is 120 Å². The van der Waals surface area contributed by atoms with Crippen LogP contribution in [0.1, 0.15) is 26.0 Å². The summed E-state index contributed by atoms with van der Waals surface area (Å²) >= 11 is 0. The van der Waals surface area contributed by atoms with E-state index in [0.29, 0.717) is 0 Å². The lowest BCUT2D eigenvalue weighted by atomic mass is 9.94. The molecule has 1 aromatic heterocycles. The molecule has 0 aromatic carbocycles. The van der Waals surface area contributed by atoms with E-state index in [2.05, 4.69) is 28.7 Å². The van der Waals surface area contributed by atoms with E-state index in [1.54, 1.807) is 12.4 Å². The van der Waals surface area contributed by atoms with Crippen LogP contribution in [0.4, 0.5) is 0 Å². The molecule has 1 unspecified atom stereocenters. The maximum atomic E-state index is 6.31. The number of nitrogens with zero attached hydrogens (tertiary/aromatic N) is 3. The Bertz CT molecular complexity index is 444. The molecule has 3 heterocycles. The van der Waals surface area contributed by atoms with E-state index in [9.17, 15) is 0 Å². The molecule has 0 amide bonds. The van der Waals surface area contributed by atoms with Crippen molar-refractivity contribution in [1.82, 2.24) is 14.9 Å². The van der Waals surface area contributed by atoms with Gasteiger partial charge >= 0.3 is 0 Å². The van der Waals surface area contributed by atoms with Crippen LogP contribution in [0, 0.1) is 0 Å². The summed E-state index contributed by atoms with van der Waals surface area (Å²) in [4.78, 5) is 10.9. The molecule has 1 atom stereocenters. The van der Waals surface area contributed by atoms with Gasteiger partial charge in [0.15, 0.2) is 0 Å². The third-order valence-electron chi connectivity index (χ3n) is 3.98. The molecule has 5 nitrogen and oxygen atoms in total. The largest absolute Gasteiger partial charge is 0.378 e. The van der Waals surface area contributed by atoms with E-state index >= 15 is 0 Å². The van der Waals surface area contributed by atoms with E-state index < -0.39 is 0 Å². The lowest BCUT2D eigenvalue weighted by Gasteiger charge is -2.48. The first-order chi connectivity index (χ1) is 9.57. The molecule has 3 rings (SSSR count). The topological polar surface area (TPSA) is 47.5 Å². The van der Waals surface area contributed by atoms with Crippen molar-refractivity contribution in [3.05, 3.63) is 24.3 Å². The second-order valence-electron chi connectivity index (χ2n) is 6.50. The predicted molar refractivity (Wildman–Crippen MR) is 75.5 cm³/mol. The zero-order chi connectivity index (χ0) is 14.1. The van der Waals surface area contributed by atoms with Gasteiger partial charge in [-0.2, -0.15) is 0 Å². The summed E-state index contributed by atoms with van der Waals surface area (Å²) in [5.41, 5.74) is 0.826. The molecule has 2 aliphatic rings. The Kier molecular flexibility index (Phi) is 3.75. The fraction of sp³-hybridized carbons (Fsp3) is 0.733. The highest BCUT2D eigenvalue weighted by Gasteiger charge is 2.46. The van der Waals surface area contributed by atoms with Crippen LogP contribution in [0.5, 0.6) is 0 Å². The quantitative estimate of drug-likeness (QED) is 0.833. The number of hydrogen-bond acceptors (Lipinski definition) is 5. The van der Waals surface area contributed by atoms with Crippen LogP contribution in [0.2, 0.25) is 0 Å². The molecule has 5 heteroatoms. The second kappa shape index (κ2) is 5.39. The zero-order valence-electron chi connectivity index (χ0n) is 12.3. The standard InChI is InChI=1S/C15H23N3O2/c1-14(2)10-18(7-3-13-9-16-5-6-17-13)11-15(20-14)4-8-19-12-15/h5-6,9H,3-4,7-8,10-12H2,1-2H3. The normalized spacial score (nSPS) is 29.9. The SMILES string of the molecule is CC1(C)CN(CCc2cnccn2)CC2(CCOC2)O1. The predicted octanol–water partition coefficient (Wildman–Crippen LogP) is 1.29. The molecule has 20 heavy (non-hydrogen) atoms. The summed E-state index contributed by atoms with van der Waals surface area (Å²) < 4.78 is 11.9. The van der Waals surface area contributed by atoms with Crippen LogP contribution < -0.4 is 0 Å². The molecule has 1 aromatic rings. The monoisotopic (exact) mass is 277 g/mol. The van der Waals surface area contributed by atoms with Crippen LogP contribution in [-0.4, -0.2) is 58.9 Å². The first-order valence-electron chi connectivity index (χ1n) is 7.32. The highest BCUT2D eigenvalue weighted by atomic mass is 16.6. The summed E-state index contributed by atoms with van der Waals surface area (Å²) in [5, 5.41) is 0. The van der Waals surface area contributed by atoms with Gasteiger partial charge in [-0.3, -0.25) is 14.9 Å². The number of morpholine rings is 1. The molecular formula is C15H23N3O2. The number of rotatable bonds is 3. The average Bonchev–Trinajstić information content (AvgIpc) is 2.83. The van der Waals surface area contributed by atoms with E-state index in [1.807, 2.05) is 6.20 Å². The maximum absolute atomic E-state index is 6.31. The lowest BCUT2D eigenvalue weighted by Crippen LogP contribution is -2.60. The van der Waals surface area contributed by atoms with E-state index in [1.165, 1.54) is 0 Å². The molecule has 0 aliphatic carbocycles. The fourth-order valence-electron chi connectivity index (χ4n) is 3.34. The van der Waals surface area contributed by atoms with Gasteiger partial charge in [0.05, 0.1) is 17.9 Å². The molecule has 0 radical (unpaired) electrons. The van der Waals surface area contributed by atoms with Crippen molar-refractivity contribution < 1.29 is 9.47 Å². The van der Waals surface area contributed by atoms with Gasteiger partial charge in [-0.15, -0.1) is 0 Å². The maximum Gasteiger partial charge on any atom is 0.107 e. The molecular weight excluding hydrogens is 254 g/mol. The summed E-state index contributed by atoms with van der Waals surface area (Å²) in [5.74, 6) is 0. The molecule has 2 aliphatic heterocycles. The highest BCUT2D eigenvalue weighted by Crippen LogP contribution is 2.34. The number of ether oxygens (including phenoxy) is 2. The van der Waals surface area contributed by atoms with Crippen molar-refractivity contribution in [2.45, 2.75) is 37.9 Å². The fourth-order valence-corrected chi connectivity index (χ4v) is 3.34. The average molecular weight is 277 g/mol. The molecule has 110 valence electrons. The van der Waals surface area contributed by atoms with Crippen LogP contribution in [-0.2, 0) is 15.9 Å². The van der Waals surface area contributed by atoms with Crippen molar-refractivity contribution in [1.29, 1.82) is 0 Å². The molecule has 2 saturated heterocycles. The van der Waals surface area contributed by atoms with Crippen LogP contribution in [0.3, 0.4) is 0 Å². The Morgan fingerprint density at radius 2 is 2.20 bits per heavy atom. The summed E-state index contributed by atoms with van der Waals surface area (Å²) in [6.07, 6.45) is 7.25. The minimum absolute atomic E-state index is 0.107.